The molecule has 5 heteroatoms. The first-order valence-electron chi connectivity index (χ1n) is 8.61. The molecule has 0 aromatic carbocycles. The molecular formula is C17H30N2O3. The van der Waals surface area contributed by atoms with Crippen LogP contribution in [0.15, 0.2) is 0 Å². The fourth-order valence-electron chi connectivity index (χ4n) is 3.27. The molecule has 1 saturated heterocycles. The second-order valence-corrected chi connectivity index (χ2v) is 7.66. The van der Waals surface area contributed by atoms with Crippen molar-refractivity contribution in [2.45, 2.75) is 77.4 Å². The Kier molecular flexibility index (Phi) is 5.70. The summed E-state index contributed by atoms with van der Waals surface area (Å²) in [5.41, 5.74) is -0.449. The largest absolute Gasteiger partial charge is 0.444 e. The number of nitrogens with one attached hydrogen (secondary N) is 1. The summed E-state index contributed by atoms with van der Waals surface area (Å²) in [5.74, 6) is 0.572. The van der Waals surface area contributed by atoms with Crippen LogP contribution in [0.5, 0.6) is 0 Å². The molecule has 2 aliphatic rings. The van der Waals surface area contributed by atoms with Crippen LogP contribution in [-0.2, 0) is 9.53 Å². The molecule has 2 rings (SSSR count). The van der Waals surface area contributed by atoms with Gasteiger partial charge in [0.15, 0.2) is 0 Å². The number of likely N-dealkylation sites (tertiary alicyclic amines) is 1. The van der Waals surface area contributed by atoms with Crippen molar-refractivity contribution >= 4 is 12.0 Å². The SMILES string of the molecule is CC(C)(C)OC(=O)N1CCC(CC(=O)NC2CCCC2)CC1. The first kappa shape index (κ1) is 17.1. The van der Waals surface area contributed by atoms with Gasteiger partial charge in [-0.3, -0.25) is 4.79 Å². The number of nitrogens with zero attached hydrogens (tertiary/aromatic N) is 1. The van der Waals surface area contributed by atoms with E-state index in [1.807, 2.05) is 20.8 Å². The predicted octanol–water partition coefficient (Wildman–Crippen LogP) is 3.08. The summed E-state index contributed by atoms with van der Waals surface area (Å²) in [5, 5.41) is 3.15. The lowest BCUT2D eigenvalue weighted by Crippen LogP contribution is -2.42. The first-order valence-corrected chi connectivity index (χ1v) is 8.61. The summed E-state index contributed by atoms with van der Waals surface area (Å²) in [6.45, 7) is 7.02. The monoisotopic (exact) mass is 310 g/mol. The molecule has 1 heterocycles. The van der Waals surface area contributed by atoms with Gasteiger partial charge in [-0.2, -0.15) is 0 Å². The lowest BCUT2D eigenvalue weighted by molar-refractivity contribution is -0.123. The Bertz CT molecular complexity index is 389. The third-order valence-electron chi connectivity index (χ3n) is 4.46. The van der Waals surface area contributed by atoms with E-state index in [2.05, 4.69) is 5.32 Å². The molecule has 5 nitrogen and oxygen atoms in total. The van der Waals surface area contributed by atoms with Crippen LogP contribution in [0.3, 0.4) is 0 Å². The van der Waals surface area contributed by atoms with Crippen LogP contribution in [0.25, 0.3) is 0 Å². The molecule has 1 aliphatic carbocycles. The number of rotatable bonds is 3. The fourth-order valence-corrected chi connectivity index (χ4v) is 3.27. The number of carbonyl (C=O) groups excluding carboxylic acids is 2. The number of carbonyl (C=O) groups is 2. The Hall–Kier alpha value is -1.26. The number of hydrogen-bond donors (Lipinski definition) is 1. The molecule has 1 aliphatic heterocycles. The van der Waals surface area contributed by atoms with Gasteiger partial charge >= 0.3 is 6.09 Å². The van der Waals surface area contributed by atoms with Gasteiger partial charge in [-0.1, -0.05) is 12.8 Å². The van der Waals surface area contributed by atoms with Gasteiger partial charge < -0.3 is 15.0 Å². The first-order chi connectivity index (χ1) is 10.3. The molecule has 0 atom stereocenters. The molecule has 22 heavy (non-hydrogen) atoms. The zero-order chi connectivity index (χ0) is 16.2. The summed E-state index contributed by atoms with van der Waals surface area (Å²) >= 11 is 0. The maximum absolute atomic E-state index is 12.1. The van der Waals surface area contributed by atoms with Crippen LogP contribution >= 0.6 is 0 Å². The highest BCUT2D eigenvalue weighted by Crippen LogP contribution is 2.23. The van der Waals surface area contributed by atoms with Crippen LogP contribution in [0.2, 0.25) is 0 Å². The Balaban J connectivity index is 1.68. The van der Waals surface area contributed by atoms with Crippen LogP contribution in [0.4, 0.5) is 4.79 Å². The van der Waals surface area contributed by atoms with E-state index in [-0.39, 0.29) is 12.0 Å². The van der Waals surface area contributed by atoms with Crippen LogP contribution in [0.1, 0.15) is 65.7 Å². The van der Waals surface area contributed by atoms with E-state index in [0.717, 1.165) is 25.7 Å². The smallest absolute Gasteiger partial charge is 0.410 e. The number of amides is 2. The van der Waals surface area contributed by atoms with Crippen molar-refractivity contribution in [2.75, 3.05) is 13.1 Å². The molecule has 0 aromatic heterocycles. The molecule has 0 radical (unpaired) electrons. The van der Waals surface area contributed by atoms with Crippen molar-refractivity contribution in [1.82, 2.24) is 10.2 Å². The fraction of sp³-hybridized carbons (Fsp3) is 0.882. The second-order valence-electron chi connectivity index (χ2n) is 7.66. The highest BCUT2D eigenvalue weighted by Gasteiger charge is 2.28. The zero-order valence-electron chi connectivity index (χ0n) is 14.2. The zero-order valence-corrected chi connectivity index (χ0v) is 14.2. The normalized spacial score (nSPS) is 21.0. The average Bonchev–Trinajstić information content (AvgIpc) is 2.90. The maximum atomic E-state index is 12.1. The van der Waals surface area contributed by atoms with Crippen LogP contribution in [0, 0.1) is 5.92 Å². The molecule has 0 aromatic rings. The highest BCUT2D eigenvalue weighted by atomic mass is 16.6. The minimum absolute atomic E-state index is 0.183. The number of ether oxygens (including phenoxy) is 1. The van der Waals surface area contributed by atoms with Gasteiger partial charge in [0.25, 0.3) is 0 Å². The van der Waals surface area contributed by atoms with E-state index in [9.17, 15) is 9.59 Å². The van der Waals surface area contributed by atoms with Gasteiger partial charge in [0, 0.05) is 25.6 Å². The Morgan fingerprint density at radius 1 is 1.09 bits per heavy atom. The lowest BCUT2D eigenvalue weighted by Gasteiger charge is -2.33. The van der Waals surface area contributed by atoms with E-state index in [0.29, 0.717) is 31.5 Å². The second kappa shape index (κ2) is 7.34. The van der Waals surface area contributed by atoms with Crippen molar-refractivity contribution in [1.29, 1.82) is 0 Å². The molecule has 2 amide bonds. The molecular weight excluding hydrogens is 280 g/mol. The van der Waals surface area contributed by atoms with Crippen molar-refractivity contribution in [3.8, 4) is 0 Å². The summed E-state index contributed by atoms with van der Waals surface area (Å²) in [6, 6.07) is 0.398. The van der Waals surface area contributed by atoms with Gasteiger partial charge in [-0.05, 0) is 52.4 Å². The third-order valence-corrected chi connectivity index (χ3v) is 4.46. The summed E-state index contributed by atoms with van der Waals surface area (Å²) < 4.78 is 5.39. The molecule has 1 N–H and O–H groups in total. The minimum atomic E-state index is -0.449. The quantitative estimate of drug-likeness (QED) is 0.871. The number of hydrogen-bond acceptors (Lipinski definition) is 3. The molecule has 1 saturated carbocycles. The lowest BCUT2D eigenvalue weighted by atomic mass is 9.93. The molecule has 126 valence electrons. The third kappa shape index (κ3) is 5.50. The van der Waals surface area contributed by atoms with Crippen LogP contribution < -0.4 is 5.32 Å². The summed E-state index contributed by atoms with van der Waals surface area (Å²) in [4.78, 5) is 25.8. The van der Waals surface area contributed by atoms with Crippen molar-refractivity contribution < 1.29 is 14.3 Å². The van der Waals surface area contributed by atoms with E-state index >= 15 is 0 Å². The van der Waals surface area contributed by atoms with Gasteiger partial charge in [-0.15, -0.1) is 0 Å². The van der Waals surface area contributed by atoms with E-state index in [4.69, 9.17) is 4.74 Å². The van der Waals surface area contributed by atoms with Gasteiger partial charge in [-0.25, -0.2) is 4.79 Å². The average molecular weight is 310 g/mol. The standard InChI is InChI=1S/C17H30N2O3/c1-17(2,3)22-16(21)19-10-8-13(9-11-19)12-15(20)18-14-6-4-5-7-14/h13-14H,4-12H2,1-3H3,(H,18,20). The molecule has 0 unspecified atom stereocenters. The van der Waals surface area contributed by atoms with E-state index in [1.165, 1.54) is 12.8 Å². The van der Waals surface area contributed by atoms with Crippen molar-refractivity contribution in [2.24, 2.45) is 5.92 Å². The van der Waals surface area contributed by atoms with E-state index in [1.54, 1.807) is 4.90 Å². The van der Waals surface area contributed by atoms with Gasteiger partial charge in [0.2, 0.25) is 5.91 Å². The maximum Gasteiger partial charge on any atom is 0.410 e. The topological polar surface area (TPSA) is 58.6 Å². The predicted molar refractivity (Wildman–Crippen MR) is 85.5 cm³/mol. The molecule has 0 bridgehead atoms. The Morgan fingerprint density at radius 2 is 1.68 bits per heavy atom. The highest BCUT2D eigenvalue weighted by molar-refractivity contribution is 5.76. The molecule has 2 fully saturated rings. The number of piperidine rings is 1. The van der Waals surface area contributed by atoms with Crippen LogP contribution in [-0.4, -0.2) is 41.6 Å². The Morgan fingerprint density at radius 3 is 2.23 bits per heavy atom. The Labute approximate surface area is 133 Å². The molecule has 0 spiro atoms. The van der Waals surface area contributed by atoms with Gasteiger partial charge in [0.1, 0.15) is 5.60 Å². The van der Waals surface area contributed by atoms with Crippen molar-refractivity contribution in [3.63, 3.8) is 0 Å². The summed E-state index contributed by atoms with van der Waals surface area (Å²) in [7, 11) is 0. The van der Waals surface area contributed by atoms with Gasteiger partial charge in [0.05, 0.1) is 0 Å². The minimum Gasteiger partial charge on any atom is -0.444 e. The summed E-state index contributed by atoms with van der Waals surface area (Å²) in [6.07, 6.45) is 6.86. The van der Waals surface area contributed by atoms with Crippen molar-refractivity contribution in [3.05, 3.63) is 0 Å². The van der Waals surface area contributed by atoms with E-state index < -0.39 is 5.60 Å².